The van der Waals surface area contributed by atoms with E-state index < -0.39 is 0 Å². The maximum atomic E-state index is 11.8. The van der Waals surface area contributed by atoms with Gasteiger partial charge in [0.05, 0.1) is 22.6 Å². The first kappa shape index (κ1) is 35.3. The number of nitrogens with two attached hydrogens (primary N) is 1. The molecule has 4 N–H and O–H groups in total. The zero-order chi connectivity index (χ0) is 34.1. The number of hydrogen-bond acceptors (Lipinski definition) is 6. The van der Waals surface area contributed by atoms with Gasteiger partial charge in [0.25, 0.3) is 0 Å². The van der Waals surface area contributed by atoms with Crippen LogP contribution in [0.3, 0.4) is 0 Å². The number of carbonyl (C=O) groups is 1. The number of nitrogens with zero attached hydrogens (tertiary/aromatic N) is 4. The molecule has 0 fully saturated rings. The van der Waals surface area contributed by atoms with Crippen LogP contribution in [0.15, 0.2) is 90.0 Å². The summed E-state index contributed by atoms with van der Waals surface area (Å²) in [5.74, 6) is 0.181. The Labute approximate surface area is 281 Å². The van der Waals surface area contributed by atoms with E-state index in [1.54, 1.807) is 0 Å². The van der Waals surface area contributed by atoms with Gasteiger partial charge in [-0.05, 0) is 88.5 Å². The van der Waals surface area contributed by atoms with E-state index in [-0.39, 0.29) is 12.3 Å². The van der Waals surface area contributed by atoms with E-state index in [1.165, 1.54) is 11.1 Å². The fraction of sp³-hybridized carbons (Fsp3) is 0.385. The Bertz CT molecular complexity index is 1710. The molecule has 8 nitrogen and oxygen atoms in total. The lowest BCUT2D eigenvalue weighted by Crippen LogP contribution is -2.29. The van der Waals surface area contributed by atoms with Gasteiger partial charge in [0.2, 0.25) is 5.91 Å². The van der Waals surface area contributed by atoms with Gasteiger partial charge in [-0.25, -0.2) is 4.99 Å². The molecule has 2 heterocycles. The predicted molar refractivity (Wildman–Crippen MR) is 202 cm³/mol. The Morgan fingerprint density at radius 3 is 2.60 bits per heavy atom. The van der Waals surface area contributed by atoms with Gasteiger partial charge in [0, 0.05) is 61.6 Å². The third kappa shape index (κ3) is 8.83. The summed E-state index contributed by atoms with van der Waals surface area (Å²) < 4.78 is 2.34. The van der Waals surface area contributed by atoms with Crippen molar-refractivity contribution in [1.82, 2.24) is 9.47 Å². The number of carbonyl (C=O) groups excluding carboxylic acids is 1. The Kier molecular flexibility index (Phi) is 12.3. The number of aromatic nitrogens is 1. The second-order valence-corrected chi connectivity index (χ2v) is 12.7. The number of para-hydroxylation sites is 1. The van der Waals surface area contributed by atoms with Gasteiger partial charge in [-0.1, -0.05) is 56.9 Å². The molecular formula is C39H53N7O. The van der Waals surface area contributed by atoms with Crippen LogP contribution in [0.4, 0.5) is 17.1 Å². The Morgan fingerprint density at radius 1 is 1.13 bits per heavy atom. The van der Waals surface area contributed by atoms with E-state index in [9.17, 15) is 4.79 Å². The van der Waals surface area contributed by atoms with Crippen LogP contribution in [-0.4, -0.2) is 55.3 Å². The number of nitrogens with one attached hydrogen (secondary N) is 2. The van der Waals surface area contributed by atoms with Gasteiger partial charge in [-0.15, -0.1) is 0 Å². The van der Waals surface area contributed by atoms with Crippen molar-refractivity contribution in [3.8, 4) is 0 Å². The van der Waals surface area contributed by atoms with E-state index in [2.05, 4.69) is 116 Å². The van der Waals surface area contributed by atoms with Crippen LogP contribution in [-0.2, 0) is 17.8 Å². The molecule has 2 aromatic carbocycles. The molecule has 1 amide bonds. The lowest BCUT2D eigenvalue weighted by Gasteiger charge is -2.26. The first-order valence-electron chi connectivity index (χ1n) is 16.8. The largest absolute Gasteiger partial charge is 0.372 e. The van der Waals surface area contributed by atoms with Crippen LogP contribution >= 0.6 is 0 Å². The number of aliphatic imine (C=N–C) groups is 1. The fourth-order valence-corrected chi connectivity index (χ4v) is 6.08. The van der Waals surface area contributed by atoms with Crippen molar-refractivity contribution >= 4 is 39.6 Å². The average Bonchev–Trinajstić information content (AvgIpc) is 3.42. The minimum atomic E-state index is -0.332. The normalized spacial score (nSPS) is 13.6. The van der Waals surface area contributed by atoms with Crippen molar-refractivity contribution in [3.05, 3.63) is 102 Å². The molecule has 0 radical (unpaired) electrons. The zero-order valence-electron chi connectivity index (χ0n) is 29.2. The SMILES string of the molecule is C=C/C(=C/CCC)Nc1cc(NC(=C)N=C(/C(=C\C)CCC(N)=O)c2cn3c4c(cccc24)CCC3)c(C)cc1N(C)CCN(C)C. The van der Waals surface area contributed by atoms with Crippen molar-refractivity contribution in [3.63, 3.8) is 0 Å². The van der Waals surface area contributed by atoms with Gasteiger partial charge >= 0.3 is 0 Å². The van der Waals surface area contributed by atoms with Crippen LogP contribution in [0.1, 0.15) is 62.6 Å². The Morgan fingerprint density at radius 2 is 1.91 bits per heavy atom. The van der Waals surface area contributed by atoms with Gasteiger partial charge in [0.15, 0.2) is 0 Å². The minimum Gasteiger partial charge on any atom is -0.372 e. The molecule has 8 heteroatoms. The van der Waals surface area contributed by atoms with E-state index in [4.69, 9.17) is 10.7 Å². The summed E-state index contributed by atoms with van der Waals surface area (Å²) in [7, 11) is 6.30. The molecule has 0 saturated carbocycles. The molecule has 1 aliphatic rings. The number of allylic oxidation sites excluding steroid dienone is 4. The first-order valence-corrected chi connectivity index (χ1v) is 16.8. The molecule has 47 heavy (non-hydrogen) atoms. The molecule has 250 valence electrons. The summed E-state index contributed by atoms with van der Waals surface area (Å²) in [5, 5.41) is 8.31. The van der Waals surface area contributed by atoms with Gasteiger partial charge in [-0.2, -0.15) is 0 Å². The Hall–Kier alpha value is -4.56. The summed E-state index contributed by atoms with van der Waals surface area (Å²) in [4.78, 5) is 21.4. The third-order valence-corrected chi connectivity index (χ3v) is 8.69. The second-order valence-electron chi connectivity index (χ2n) is 12.7. The van der Waals surface area contributed by atoms with Gasteiger partial charge < -0.3 is 30.7 Å². The van der Waals surface area contributed by atoms with Crippen LogP contribution < -0.4 is 21.3 Å². The molecule has 0 spiro atoms. The average molecular weight is 636 g/mol. The molecule has 0 aliphatic carbocycles. The van der Waals surface area contributed by atoms with Crippen molar-refractivity contribution < 1.29 is 4.79 Å². The van der Waals surface area contributed by atoms with E-state index in [1.807, 2.05) is 19.1 Å². The minimum absolute atomic E-state index is 0.247. The predicted octanol–water partition coefficient (Wildman–Crippen LogP) is 7.76. The van der Waals surface area contributed by atoms with Crippen molar-refractivity contribution in [2.75, 3.05) is 49.8 Å². The number of aryl methyl sites for hydroxylation is 3. The molecule has 0 unspecified atom stereocenters. The summed E-state index contributed by atoms with van der Waals surface area (Å²) in [6, 6.07) is 10.8. The van der Waals surface area contributed by atoms with E-state index in [0.29, 0.717) is 12.2 Å². The highest BCUT2D eigenvalue weighted by atomic mass is 16.1. The van der Waals surface area contributed by atoms with Gasteiger partial charge in [0.1, 0.15) is 5.82 Å². The number of likely N-dealkylation sites (N-methyl/N-ethyl adjacent to an activating group) is 2. The first-order chi connectivity index (χ1) is 22.6. The maximum Gasteiger partial charge on any atom is 0.217 e. The fourth-order valence-electron chi connectivity index (χ4n) is 6.08. The van der Waals surface area contributed by atoms with Crippen LogP contribution in [0, 0.1) is 6.92 Å². The highest BCUT2D eigenvalue weighted by molar-refractivity contribution is 6.20. The molecule has 1 aromatic heterocycles. The van der Waals surface area contributed by atoms with E-state index >= 15 is 0 Å². The number of unbranched alkanes of at least 4 members (excludes halogenated alkanes) is 1. The number of rotatable bonds is 17. The highest BCUT2D eigenvalue weighted by Gasteiger charge is 2.21. The standard InChI is InChI=1S/C39H53N7O/c1-9-12-17-31(11-3)43-35-25-34(27(4)24-36(35)45(8)23-22-44(6)7)41-28(5)42-38(29(10-2)19-20-37(40)47)33-26-46-21-14-16-30-15-13-18-32(33)39(30)46/h10-11,13,15,17-18,24-26,41,43H,3,5,9,12,14,16,19-23H2,1-2,4,6-8H3,(H2,40,47)/b29-10-,31-17-,42-38?. The van der Waals surface area contributed by atoms with Crippen LogP contribution in [0.5, 0.6) is 0 Å². The Balaban J connectivity index is 1.76. The highest BCUT2D eigenvalue weighted by Crippen LogP contribution is 2.35. The third-order valence-electron chi connectivity index (χ3n) is 8.69. The lowest BCUT2D eigenvalue weighted by molar-refractivity contribution is -0.117. The van der Waals surface area contributed by atoms with E-state index in [0.717, 1.165) is 95.9 Å². The molecule has 0 bridgehead atoms. The van der Waals surface area contributed by atoms with Crippen molar-refractivity contribution in [2.45, 2.75) is 65.8 Å². The van der Waals surface area contributed by atoms with Crippen molar-refractivity contribution in [1.29, 1.82) is 0 Å². The number of anilines is 3. The monoisotopic (exact) mass is 635 g/mol. The zero-order valence-corrected chi connectivity index (χ0v) is 29.2. The molecule has 4 rings (SSSR count). The summed E-state index contributed by atoms with van der Waals surface area (Å²) >= 11 is 0. The number of benzene rings is 2. The smallest absolute Gasteiger partial charge is 0.217 e. The molecule has 0 atom stereocenters. The molecule has 1 aliphatic heterocycles. The van der Waals surface area contributed by atoms with Gasteiger partial charge in [-0.3, -0.25) is 4.79 Å². The summed E-state index contributed by atoms with van der Waals surface area (Å²) in [5.41, 5.74) is 16.1. The quantitative estimate of drug-likeness (QED) is 0.104. The van der Waals surface area contributed by atoms with Crippen LogP contribution in [0.2, 0.25) is 0 Å². The lowest BCUT2D eigenvalue weighted by atomic mass is 9.96. The number of amides is 1. The topological polar surface area (TPSA) is 90.9 Å². The number of hydrogen-bond donors (Lipinski definition) is 3. The molecule has 3 aromatic rings. The molecular weight excluding hydrogens is 582 g/mol. The summed E-state index contributed by atoms with van der Waals surface area (Å²) in [6.07, 6.45) is 13.2. The summed E-state index contributed by atoms with van der Waals surface area (Å²) in [6.45, 7) is 17.5. The van der Waals surface area contributed by atoms with Crippen LogP contribution in [0.25, 0.3) is 10.9 Å². The number of primary amides is 1. The second kappa shape index (κ2) is 16.3. The van der Waals surface area contributed by atoms with Crippen molar-refractivity contribution in [2.24, 2.45) is 10.7 Å². The maximum absolute atomic E-state index is 11.8. The molecule has 0 saturated heterocycles.